The van der Waals surface area contributed by atoms with Crippen LogP contribution in [-0.2, 0) is 6.54 Å². The highest BCUT2D eigenvalue weighted by Crippen LogP contribution is 2.32. The lowest BCUT2D eigenvalue weighted by Gasteiger charge is -2.39. The second kappa shape index (κ2) is 10.8. The molecule has 4 heterocycles. The van der Waals surface area contributed by atoms with E-state index in [0.717, 1.165) is 43.2 Å². The Morgan fingerprint density at radius 3 is 2.83 bits per heavy atom. The van der Waals surface area contributed by atoms with E-state index in [1.807, 2.05) is 30.5 Å². The summed E-state index contributed by atoms with van der Waals surface area (Å²) in [4.78, 5) is 29.5. The number of carbonyl (C=O) groups is 1. The van der Waals surface area contributed by atoms with Crippen molar-refractivity contribution in [2.24, 2.45) is 5.41 Å². The molecule has 1 aliphatic heterocycles. The molecule has 1 aliphatic rings. The zero-order valence-corrected chi connectivity index (χ0v) is 20.8. The van der Waals surface area contributed by atoms with Gasteiger partial charge in [0.1, 0.15) is 22.3 Å². The van der Waals surface area contributed by atoms with Gasteiger partial charge in [0.05, 0.1) is 18.0 Å². The molecular formula is C25H29N7O2S. The van der Waals surface area contributed by atoms with Gasteiger partial charge in [0.15, 0.2) is 0 Å². The molecule has 1 saturated heterocycles. The number of rotatable bonds is 8. The number of amides is 1. The third-order valence-corrected chi connectivity index (χ3v) is 7.20. The van der Waals surface area contributed by atoms with Crippen LogP contribution in [0.3, 0.4) is 0 Å². The average Bonchev–Trinajstić information content (AvgIpc) is 3.33. The zero-order valence-electron chi connectivity index (χ0n) is 20.0. The molecule has 3 aromatic rings. The topological polar surface area (TPSA) is 130 Å². The first-order valence-electron chi connectivity index (χ1n) is 11.6. The number of nitriles is 1. The largest absolute Gasteiger partial charge is 0.477 e. The molecule has 1 fully saturated rings. The minimum Gasteiger partial charge on any atom is -0.477 e. The molecule has 0 spiro atoms. The minimum absolute atomic E-state index is 0.0140. The Labute approximate surface area is 209 Å². The van der Waals surface area contributed by atoms with Crippen LogP contribution in [0.1, 0.15) is 47.6 Å². The molecular weight excluding hydrogens is 462 g/mol. The summed E-state index contributed by atoms with van der Waals surface area (Å²) in [5.74, 6) is -0.230. The summed E-state index contributed by atoms with van der Waals surface area (Å²) in [7, 11) is 0. The number of nitrogens with one attached hydrogen (secondary N) is 1. The minimum atomic E-state index is -0.322. The molecule has 35 heavy (non-hydrogen) atoms. The van der Waals surface area contributed by atoms with E-state index in [-0.39, 0.29) is 34.1 Å². The first kappa shape index (κ1) is 24.6. The van der Waals surface area contributed by atoms with Gasteiger partial charge in [-0.25, -0.2) is 9.97 Å². The van der Waals surface area contributed by atoms with Gasteiger partial charge in [-0.05, 0) is 56.5 Å². The van der Waals surface area contributed by atoms with E-state index in [2.05, 4.69) is 32.1 Å². The number of hydrogen-bond donors (Lipinski definition) is 2. The molecule has 0 atom stereocenters. The Morgan fingerprint density at radius 1 is 1.34 bits per heavy atom. The molecule has 9 nitrogen and oxygen atoms in total. The van der Waals surface area contributed by atoms with Crippen LogP contribution >= 0.6 is 11.3 Å². The number of thiazole rings is 1. The van der Waals surface area contributed by atoms with Crippen molar-refractivity contribution in [2.75, 3.05) is 32.0 Å². The highest BCUT2D eigenvalue weighted by Gasteiger charge is 2.31. The molecule has 3 aromatic heterocycles. The van der Waals surface area contributed by atoms with E-state index in [9.17, 15) is 10.1 Å². The van der Waals surface area contributed by atoms with E-state index < -0.39 is 0 Å². The monoisotopic (exact) mass is 491 g/mol. The van der Waals surface area contributed by atoms with Crippen molar-refractivity contribution in [3.8, 4) is 22.7 Å². The van der Waals surface area contributed by atoms with Gasteiger partial charge in [0, 0.05) is 30.4 Å². The number of piperidine rings is 1. The number of nitrogens with zero attached hydrogens (tertiary/aromatic N) is 5. The summed E-state index contributed by atoms with van der Waals surface area (Å²) >= 11 is 1.68. The Bertz CT molecular complexity index is 1210. The fraction of sp³-hybridized carbons (Fsp3) is 0.400. The van der Waals surface area contributed by atoms with Crippen molar-refractivity contribution >= 4 is 22.9 Å². The molecule has 0 bridgehead atoms. The molecule has 0 aromatic carbocycles. The average molecular weight is 492 g/mol. The van der Waals surface area contributed by atoms with E-state index in [1.54, 1.807) is 24.5 Å². The number of carbonyl (C=O) groups excluding carboxylic acids is 1. The predicted molar refractivity (Wildman–Crippen MR) is 135 cm³/mol. The van der Waals surface area contributed by atoms with Gasteiger partial charge in [-0.2, -0.15) is 5.26 Å². The number of nitrogens with two attached hydrogens (primary N) is 1. The number of hydrogen-bond acceptors (Lipinski definition) is 9. The van der Waals surface area contributed by atoms with Gasteiger partial charge in [0.2, 0.25) is 5.88 Å². The maximum absolute atomic E-state index is 12.8. The molecule has 0 saturated carbocycles. The summed E-state index contributed by atoms with van der Waals surface area (Å²) in [6.07, 6.45) is 5.65. The lowest BCUT2D eigenvalue weighted by molar-refractivity contribution is 0.0854. The number of aromatic nitrogens is 3. The van der Waals surface area contributed by atoms with E-state index in [0.29, 0.717) is 13.2 Å². The standard InChI is InChI=1S/C25H29N7O2S/c1-3-34-23-18(13-26)19(27)12-21(31-23)22(33)30-16-25(2)7-10-32(11-8-25)15-17-14-29-24(35-17)20-6-4-5-9-28-20/h4-6,9,12,14H,3,7-8,10-11,15-16H2,1-2H3,(H2,27,31)(H,30,33). The van der Waals surface area contributed by atoms with Crippen LogP contribution in [-0.4, -0.2) is 52.0 Å². The van der Waals surface area contributed by atoms with Crippen molar-refractivity contribution in [2.45, 2.75) is 33.2 Å². The third-order valence-electron chi connectivity index (χ3n) is 6.20. The predicted octanol–water partition coefficient (Wildman–Crippen LogP) is 3.48. The number of anilines is 1. The molecule has 0 unspecified atom stereocenters. The van der Waals surface area contributed by atoms with Gasteiger partial charge >= 0.3 is 0 Å². The maximum atomic E-state index is 12.8. The normalized spacial score (nSPS) is 15.3. The number of nitrogen functional groups attached to an aromatic ring is 1. The zero-order chi connectivity index (χ0) is 24.8. The summed E-state index contributed by atoms with van der Waals surface area (Å²) in [5, 5.41) is 13.2. The lowest BCUT2D eigenvalue weighted by atomic mass is 9.80. The van der Waals surface area contributed by atoms with E-state index in [4.69, 9.17) is 10.5 Å². The number of ether oxygens (including phenoxy) is 1. The van der Waals surface area contributed by atoms with Crippen molar-refractivity contribution in [3.05, 3.63) is 52.8 Å². The Kier molecular flexibility index (Phi) is 7.58. The van der Waals surface area contributed by atoms with E-state index in [1.165, 1.54) is 10.9 Å². The van der Waals surface area contributed by atoms with Gasteiger partial charge in [0.25, 0.3) is 5.91 Å². The fourth-order valence-corrected chi connectivity index (χ4v) is 4.96. The molecule has 1 amide bonds. The van der Waals surface area contributed by atoms with Crippen LogP contribution in [0.4, 0.5) is 5.69 Å². The van der Waals surface area contributed by atoms with Crippen molar-refractivity contribution in [3.63, 3.8) is 0 Å². The Morgan fingerprint density at radius 2 is 2.14 bits per heavy atom. The number of likely N-dealkylation sites (tertiary alicyclic amines) is 1. The molecule has 10 heteroatoms. The molecule has 4 rings (SSSR count). The summed E-state index contributed by atoms with van der Waals surface area (Å²) in [6.45, 7) is 7.60. The van der Waals surface area contributed by atoms with Crippen LogP contribution in [0.2, 0.25) is 0 Å². The van der Waals surface area contributed by atoms with Gasteiger partial charge in [-0.15, -0.1) is 11.3 Å². The molecule has 3 N–H and O–H groups in total. The lowest BCUT2D eigenvalue weighted by Crippen LogP contribution is -2.44. The highest BCUT2D eigenvalue weighted by atomic mass is 32.1. The van der Waals surface area contributed by atoms with Gasteiger partial charge in [-0.3, -0.25) is 14.7 Å². The Balaban J connectivity index is 1.30. The van der Waals surface area contributed by atoms with Gasteiger partial charge in [-0.1, -0.05) is 13.0 Å². The molecule has 0 aliphatic carbocycles. The summed E-state index contributed by atoms with van der Waals surface area (Å²) in [6, 6.07) is 9.25. The second-order valence-corrected chi connectivity index (χ2v) is 10.1. The van der Waals surface area contributed by atoms with Crippen LogP contribution in [0.5, 0.6) is 5.88 Å². The molecule has 182 valence electrons. The van der Waals surface area contributed by atoms with Crippen LogP contribution in [0.25, 0.3) is 10.7 Å². The van der Waals surface area contributed by atoms with Crippen molar-refractivity contribution in [1.29, 1.82) is 5.26 Å². The van der Waals surface area contributed by atoms with Crippen molar-refractivity contribution in [1.82, 2.24) is 25.2 Å². The highest BCUT2D eigenvalue weighted by molar-refractivity contribution is 7.14. The quantitative estimate of drug-likeness (QED) is 0.490. The van der Waals surface area contributed by atoms with Crippen molar-refractivity contribution < 1.29 is 9.53 Å². The van der Waals surface area contributed by atoms with Crippen LogP contribution < -0.4 is 15.8 Å². The van der Waals surface area contributed by atoms with Crippen LogP contribution in [0.15, 0.2) is 36.7 Å². The maximum Gasteiger partial charge on any atom is 0.270 e. The van der Waals surface area contributed by atoms with E-state index >= 15 is 0 Å². The summed E-state index contributed by atoms with van der Waals surface area (Å²) in [5.41, 5.74) is 7.32. The summed E-state index contributed by atoms with van der Waals surface area (Å²) < 4.78 is 5.39. The second-order valence-electron chi connectivity index (χ2n) is 8.94. The Hall–Kier alpha value is -3.55. The molecule has 0 radical (unpaired) electrons. The first-order valence-corrected chi connectivity index (χ1v) is 12.4. The first-order chi connectivity index (χ1) is 16.9. The van der Waals surface area contributed by atoms with Crippen LogP contribution in [0, 0.1) is 16.7 Å². The third kappa shape index (κ3) is 5.93. The number of pyridine rings is 2. The SMILES string of the molecule is CCOc1nc(C(=O)NCC2(C)CCN(Cc3cnc(-c4ccccn4)s3)CC2)cc(N)c1C#N. The van der Waals surface area contributed by atoms with Gasteiger partial charge < -0.3 is 15.8 Å². The smallest absolute Gasteiger partial charge is 0.270 e. The fourth-order valence-electron chi connectivity index (χ4n) is 4.03.